The van der Waals surface area contributed by atoms with Gasteiger partial charge in [-0.05, 0) is 102 Å². The maximum absolute atomic E-state index is 11.0. The van der Waals surface area contributed by atoms with E-state index in [0.29, 0.717) is 5.95 Å². The van der Waals surface area contributed by atoms with Crippen molar-refractivity contribution < 1.29 is 73.4 Å². The van der Waals surface area contributed by atoms with E-state index in [1.54, 1.807) is 0 Å². The number of benzene rings is 2. The van der Waals surface area contributed by atoms with Crippen molar-refractivity contribution >= 4 is 5.95 Å². The Hall–Kier alpha value is -1.67. The van der Waals surface area contributed by atoms with Gasteiger partial charge in [0.1, 0.15) is 23.8 Å². The molecule has 1 aromatic heterocycles. The summed E-state index contributed by atoms with van der Waals surface area (Å²) in [7, 11) is 0. The van der Waals surface area contributed by atoms with Crippen LogP contribution in [-0.4, -0.2) is 44.2 Å². The fraction of sp³-hybridized carbons (Fsp3) is 0.545. The van der Waals surface area contributed by atoms with Gasteiger partial charge in [-0.15, -0.1) is 5.28 Å². The summed E-state index contributed by atoms with van der Waals surface area (Å²) in [5.74, 6) is 0.491. The summed E-state index contributed by atoms with van der Waals surface area (Å²) < 4.78 is 18.7. The third-order valence-electron chi connectivity index (χ3n) is 7.16. The van der Waals surface area contributed by atoms with Crippen LogP contribution in [0.2, 0.25) is 0 Å². The van der Waals surface area contributed by atoms with E-state index >= 15 is 0 Å². The number of nitrogens with zero attached hydrogens (tertiary/aromatic N) is 4. The van der Waals surface area contributed by atoms with E-state index in [1.807, 2.05) is 21.5 Å². The minimum atomic E-state index is 0. The van der Waals surface area contributed by atoms with Gasteiger partial charge in [-0.25, -0.2) is 0 Å². The quantitative estimate of drug-likeness (QED) is 0.189. The van der Waals surface area contributed by atoms with Crippen LogP contribution in [0, 0.1) is 46.7 Å². The molecule has 4 heterocycles. The predicted molar refractivity (Wildman–Crippen MR) is 164 cm³/mol. The fourth-order valence-corrected chi connectivity index (χ4v) is 5.50. The fourth-order valence-electron chi connectivity index (χ4n) is 5.50. The van der Waals surface area contributed by atoms with Gasteiger partial charge in [-0.3, -0.25) is 0 Å². The summed E-state index contributed by atoms with van der Waals surface area (Å²) >= 11 is 0. The molecule has 3 aliphatic rings. The van der Waals surface area contributed by atoms with Gasteiger partial charge in [0.05, 0.1) is 0 Å². The van der Waals surface area contributed by atoms with Crippen molar-refractivity contribution in [2.45, 2.75) is 80.1 Å². The van der Waals surface area contributed by atoms with Gasteiger partial charge < -0.3 is 56.6 Å². The van der Waals surface area contributed by atoms with Crippen molar-refractivity contribution in [3.63, 3.8) is 0 Å². The van der Waals surface area contributed by atoms with Crippen molar-refractivity contribution in [2.75, 3.05) is 39.6 Å². The summed E-state index contributed by atoms with van der Waals surface area (Å²) in [5, 5.41) is 17.8. The van der Waals surface area contributed by atoms with Crippen molar-refractivity contribution in [3.05, 3.63) is 75.2 Å². The minimum Gasteiger partial charge on any atom is -1.00 e. The molecule has 0 spiro atoms. The average molecular weight is 723 g/mol. The number of halogens is 3. The van der Waals surface area contributed by atoms with Gasteiger partial charge in [-0.1, -0.05) is 35.4 Å². The minimum absolute atomic E-state index is 0. The van der Waals surface area contributed by atoms with E-state index in [-0.39, 0.29) is 54.6 Å². The molecule has 12 heteroatoms. The van der Waals surface area contributed by atoms with Crippen molar-refractivity contribution in [1.29, 1.82) is 0 Å². The molecule has 3 saturated heterocycles. The molecule has 0 N–H and O–H groups in total. The first-order valence-electron chi connectivity index (χ1n) is 14.9. The Morgan fingerprint density at radius 1 is 0.622 bits per heavy atom. The normalized spacial score (nSPS) is 14.6. The molecular weight excluding hydrogens is 675 g/mol. The molecule has 45 heavy (non-hydrogen) atoms. The number of hydrogen-bond donors (Lipinski definition) is 0. The number of rotatable bonds is 3. The van der Waals surface area contributed by atoms with Crippen molar-refractivity contribution in [1.82, 2.24) is 4.57 Å². The summed E-state index contributed by atoms with van der Waals surface area (Å²) in [6.45, 7) is 18.4. The molecule has 0 atom stereocenters. The second kappa shape index (κ2) is 24.5. The van der Waals surface area contributed by atoms with E-state index in [4.69, 9.17) is 14.2 Å². The van der Waals surface area contributed by atoms with Gasteiger partial charge in [0.15, 0.2) is 0 Å². The molecule has 8 nitrogen and oxygen atoms in total. The molecule has 0 unspecified atom stereocenters. The molecule has 6 rings (SSSR count). The second-order valence-corrected chi connectivity index (χ2v) is 11.0. The van der Waals surface area contributed by atoms with Crippen LogP contribution in [-0.2, 0) is 31.6 Å². The van der Waals surface area contributed by atoms with Crippen LogP contribution < -0.4 is 41.8 Å². The first kappa shape index (κ1) is 45.5. The average Bonchev–Trinajstić information content (AvgIpc) is 3.76. The summed E-state index contributed by atoms with van der Waals surface area (Å²) in [4.78, 5) is 0. The van der Waals surface area contributed by atoms with Crippen LogP contribution in [0.4, 0.5) is 5.95 Å². The summed E-state index contributed by atoms with van der Waals surface area (Å²) in [5.41, 5.74) is 8.99. The SMILES string of the molecule is C1CCOC1.C1CCOC1.C1CCOC1.Cc1cc(C)c(-n2cc[n+](-c3c(C)cc(C)cc3C)c2/N=N/[O-])c(C)c1.[Cl-].[Cl-].[Cl-].[Cr+3]. The van der Waals surface area contributed by atoms with Gasteiger partial charge in [-0.2, -0.15) is 9.13 Å². The van der Waals surface area contributed by atoms with Crippen LogP contribution in [0.3, 0.4) is 0 Å². The maximum Gasteiger partial charge on any atom is 3.00 e. The Morgan fingerprint density at radius 3 is 1.29 bits per heavy atom. The van der Waals surface area contributed by atoms with Gasteiger partial charge >= 0.3 is 23.3 Å². The Kier molecular flexibility index (Phi) is 24.7. The molecular formula is C33H48Cl3CrN4O4. The molecule has 2 aromatic carbocycles. The molecule has 3 fully saturated rings. The summed E-state index contributed by atoms with van der Waals surface area (Å²) in [6, 6.07) is 8.53. The smallest absolute Gasteiger partial charge is 1.00 e. The van der Waals surface area contributed by atoms with E-state index in [0.717, 1.165) is 73.3 Å². The molecule has 0 amide bonds. The number of imidazole rings is 1. The van der Waals surface area contributed by atoms with Crippen LogP contribution in [0.1, 0.15) is 71.9 Å². The number of aromatic nitrogens is 2. The van der Waals surface area contributed by atoms with Crippen molar-refractivity contribution in [3.8, 4) is 11.4 Å². The van der Waals surface area contributed by atoms with Gasteiger partial charge in [0, 0.05) is 44.8 Å². The van der Waals surface area contributed by atoms with E-state index in [9.17, 15) is 5.21 Å². The Labute approximate surface area is 299 Å². The first-order valence-corrected chi connectivity index (χ1v) is 14.9. The molecule has 1 radical (unpaired) electrons. The zero-order valence-electron chi connectivity index (χ0n) is 27.4. The standard InChI is InChI=1S/C21H24N4O.3C4H8O.3ClH.Cr/c1-13-9-15(3)19(16(4)10-13)24-7-8-25(21(24)22-23-26)20-17(5)11-14(2)12-18(20)6;3*1-2-4-5-3-1;;;;/h7-12H,1-6H3;3*1-4H2;3*1H;/q;;;;;;;+3/p-3. The zero-order valence-corrected chi connectivity index (χ0v) is 31.0. The largest absolute Gasteiger partial charge is 3.00 e. The van der Waals surface area contributed by atoms with Crippen molar-refractivity contribution in [2.24, 2.45) is 10.4 Å². The maximum atomic E-state index is 11.0. The van der Waals surface area contributed by atoms with Crippen LogP contribution in [0.15, 0.2) is 47.1 Å². The molecule has 3 aliphatic heterocycles. The Balaban J connectivity index is 0. The second-order valence-electron chi connectivity index (χ2n) is 11.0. The van der Waals surface area contributed by atoms with E-state index in [1.165, 1.54) is 49.7 Å². The molecule has 251 valence electrons. The Bertz CT molecular complexity index is 1110. The first-order chi connectivity index (χ1) is 19.8. The third kappa shape index (κ3) is 14.3. The monoisotopic (exact) mass is 721 g/mol. The number of aryl methyl sites for hydroxylation is 6. The Morgan fingerprint density at radius 2 is 0.978 bits per heavy atom. The van der Waals surface area contributed by atoms with Gasteiger partial charge in [0.25, 0.3) is 0 Å². The van der Waals surface area contributed by atoms with Crippen LogP contribution in [0.5, 0.6) is 0 Å². The topological polar surface area (TPSA) is 84.3 Å². The zero-order chi connectivity index (χ0) is 29.6. The molecule has 0 bridgehead atoms. The molecule has 0 aliphatic carbocycles. The van der Waals surface area contributed by atoms with E-state index < -0.39 is 0 Å². The van der Waals surface area contributed by atoms with Crippen LogP contribution >= 0.6 is 0 Å². The number of hydrogen-bond acceptors (Lipinski definition) is 6. The molecule has 3 aromatic rings. The molecule has 0 saturated carbocycles. The van der Waals surface area contributed by atoms with Gasteiger partial charge in [0.2, 0.25) is 0 Å². The number of ether oxygens (including phenoxy) is 3. The van der Waals surface area contributed by atoms with Crippen LogP contribution in [0.25, 0.3) is 11.4 Å². The predicted octanol–water partition coefficient (Wildman–Crippen LogP) is -1.41. The third-order valence-corrected chi connectivity index (χ3v) is 7.16. The summed E-state index contributed by atoms with van der Waals surface area (Å²) in [6.07, 6.45) is 11.5. The van der Waals surface area contributed by atoms with E-state index in [2.05, 4.69) is 76.2 Å².